The van der Waals surface area contributed by atoms with Crippen molar-refractivity contribution in [3.63, 3.8) is 0 Å². The number of hydrogen-bond donors (Lipinski definition) is 3. The first-order valence-electron chi connectivity index (χ1n) is 9.41. The lowest BCUT2D eigenvalue weighted by molar-refractivity contribution is 0.0975. The third kappa shape index (κ3) is 5.96. The van der Waals surface area contributed by atoms with Crippen molar-refractivity contribution in [2.45, 2.75) is 0 Å². The van der Waals surface area contributed by atoms with Gasteiger partial charge in [-0.1, -0.05) is 29.8 Å². The van der Waals surface area contributed by atoms with E-state index in [1.165, 1.54) is 14.2 Å². The average Bonchev–Trinajstić information content (AvgIpc) is 2.79. The Kier molecular flexibility index (Phi) is 7.64. The summed E-state index contributed by atoms with van der Waals surface area (Å²) < 4.78 is 10.4. The maximum atomic E-state index is 12.6. The Hall–Kier alpha value is -3.62. The highest BCUT2D eigenvalue weighted by atomic mass is 35.5. The lowest BCUT2D eigenvalue weighted by Gasteiger charge is -2.13. The molecule has 0 saturated heterocycles. The summed E-state index contributed by atoms with van der Waals surface area (Å²) in [6.07, 6.45) is 0. The normalized spacial score (nSPS) is 10.1. The number of nitrogens with one attached hydrogen (secondary N) is 3. The van der Waals surface area contributed by atoms with Crippen LogP contribution in [0.4, 0.5) is 11.4 Å². The number of hydrogen-bond acceptors (Lipinski definition) is 5. The zero-order valence-electron chi connectivity index (χ0n) is 17.3. The van der Waals surface area contributed by atoms with Crippen molar-refractivity contribution < 1.29 is 19.1 Å². The molecule has 0 radical (unpaired) electrons. The summed E-state index contributed by atoms with van der Waals surface area (Å²) in [7, 11) is 3.00. The first-order chi connectivity index (χ1) is 15.4. The van der Waals surface area contributed by atoms with Gasteiger partial charge >= 0.3 is 0 Å². The standard InChI is InChI=1S/C23H20ClN3O4S/c1-30-17-10-14(11-18(13-17)31-2)21(28)27-23(32)26-16-7-5-6-15(12-16)25-22(29)19-8-3-4-9-20(19)24/h3-13H,1-2H3,(H,25,29)(H2,26,27,28,32). The number of benzene rings is 3. The average molecular weight is 470 g/mol. The Balaban J connectivity index is 1.65. The number of amides is 2. The van der Waals surface area contributed by atoms with Crippen LogP contribution in [0.3, 0.4) is 0 Å². The van der Waals surface area contributed by atoms with Crippen LogP contribution in [0.2, 0.25) is 5.02 Å². The van der Waals surface area contributed by atoms with Gasteiger partial charge < -0.3 is 20.1 Å². The summed E-state index contributed by atoms with van der Waals surface area (Å²) in [5.74, 6) is 0.198. The molecule has 3 N–H and O–H groups in total. The number of ether oxygens (including phenoxy) is 2. The molecule has 0 heterocycles. The number of methoxy groups -OCH3 is 2. The predicted molar refractivity (Wildman–Crippen MR) is 129 cm³/mol. The fourth-order valence-electron chi connectivity index (χ4n) is 2.79. The smallest absolute Gasteiger partial charge is 0.257 e. The van der Waals surface area contributed by atoms with E-state index in [0.717, 1.165) is 0 Å². The molecule has 0 atom stereocenters. The second-order valence-electron chi connectivity index (χ2n) is 6.52. The molecule has 7 nitrogen and oxygen atoms in total. The quantitative estimate of drug-likeness (QED) is 0.452. The highest BCUT2D eigenvalue weighted by Gasteiger charge is 2.13. The van der Waals surface area contributed by atoms with Gasteiger partial charge in [0.15, 0.2) is 5.11 Å². The van der Waals surface area contributed by atoms with Crippen molar-refractivity contribution in [3.8, 4) is 11.5 Å². The summed E-state index contributed by atoms with van der Waals surface area (Å²) in [6, 6.07) is 18.5. The molecular formula is C23H20ClN3O4S. The van der Waals surface area contributed by atoms with Crippen molar-refractivity contribution in [2.75, 3.05) is 24.9 Å². The van der Waals surface area contributed by atoms with Crippen LogP contribution in [-0.4, -0.2) is 31.1 Å². The minimum atomic E-state index is -0.428. The molecule has 0 saturated carbocycles. The van der Waals surface area contributed by atoms with Gasteiger partial charge in [0.2, 0.25) is 0 Å². The second kappa shape index (κ2) is 10.6. The lowest BCUT2D eigenvalue weighted by atomic mass is 10.2. The van der Waals surface area contributed by atoms with E-state index in [9.17, 15) is 9.59 Å². The van der Waals surface area contributed by atoms with Gasteiger partial charge in [-0.3, -0.25) is 14.9 Å². The molecule has 0 aliphatic rings. The van der Waals surface area contributed by atoms with Crippen LogP contribution in [0.5, 0.6) is 11.5 Å². The van der Waals surface area contributed by atoms with Crippen molar-refractivity contribution in [2.24, 2.45) is 0 Å². The number of anilines is 2. The Morgan fingerprint density at radius 3 is 2.06 bits per heavy atom. The zero-order chi connectivity index (χ0) is 23.1. The number of halogens is 1. The SMILES string of the molecule is COc1cc(OC)cc(C(=O)NC(=S)Nc2cccc(NC(=O)c3ccccc3Cl)c2)c1. The van der Waals surface area contributed by atoms with Crippen LogP contribution in [0.1, 0.15) is 20.7 Å². The minimum absolute atomic E-state index is 0.0892. The fraction of sp³-hybridized carbons (Fsp3) is 0.0870. The highest BCUT2D eigenvalue weighted by molar-refractivity contribution is 7.80. The van der Waals surface area contributed by atoms with Crippen molar-refractivity contribution in [3.05, 3.63) is 82.9 Å². The zero-order valence-corrected chi connectivity index (χ0v) is 18.8. The first-order valence-corrected chi connectivity index (χ1v) is 10.2. The van der Waals surface area contributed by atoms with Gasteiger partial charge in [0.05, 0.1) is 24.8 Å². The van der Waals surface area contributed by atoms with Crippen molar-refractivity contribution in [1.82, 2.24) is 5.32 Å². The summed E-state index contributed by atoms with van der Waals surface area (Å²) in [5, 5.41) is 8.76. The predicted octanol–water partition coefficient (Wildman–Crippen LogP) is 4.74. The largest absolute Gasteiger partial charge is 0.497 e. The van der Waals surface area contributed by atoms with Gasteiger partial charge in [0.1, 0.15) is 11.5 Å². The molecule has 0 aliphatic heterocycles. The summed E-state index contributed by atoms with van der Waals surface area (Å²) in [6.45, 7) is 0. The Morgan fingerprint density at radius 2 is 1.44 bits per heavy atom. The van der Waals surface area contributed by atoms with E-state index in [0.29, 0.717) is 39.0 Å². The number of rotatable bonds is 6. The summed E-state index contributed by atoms with van der Waals surface area (Å²) >= 11 is 11.3. The molecule has 0 aromatic heterocycles. The van der Waals surface area contributed by atoms with Crippen molar-refractivity contribution in [1.29, 1.82) is 0 Å². The molecule has 3 rings (SSSR count). The molecule has 0 unspecified atom stereocenters. The lowest BCUT2D eigenvalue weighted by Crippen LogP contribution is -2.34. The molecule has 3 aromatic rings. The molecule has 9 heteroatoms. The van der Waals surface area contributed by atoms with E-state index in [2.05, 4.69) is 16.0 Å². The van der Waals surface area contributed by atoms with Gasteiger partial charge in [-0.25, -0.2) is 0 Å². The van der Waals surface area contributed by atoms with Crippen LogP contribution in [0.15, 0.2) is 66.7 Å². The van der Waals surface area contributed by atoms with Crippen LogP contribution in [-0.2, 0) is 0 Å². The molecule has 2 amide bonds. The van der Waals surface area contributed by atoms with Crippen LogP contribution in [0, 0.1) is 0 Å². The molecule has 3 aromatic carbocycles. The molecule has 164 valence electrons. The van der Waals surface area contributed by atoms with Gasteiger partial charge in [0.25, 0.3) is 11.8 Å². The number of thiocarbonyl (C=S) groups is 1. The molecule has 0 aliphatic carbocycles. The Morgan fingerprint density at radius 1 is 0.812 bits per heavy atom. The topological polar surface area (TPSA) is 88.7 Å². The third-order valence-electron chi connectivity index (χ3n) is 4.34. The Bertz CT molecular complexity index is 1150. The molecule has 32 heavy (non-hydrogen) atoms. The first kappa shape index (κ1) is 23.1. The molecule has 0 spiro atoms. The maximum absolute atomic E-state index is 12.6. The van der Waals surface area contributed by atoms with E-state index in [1.54, 1.807) is 66.7 Å². The molecule has 0 bridgehead atoms. The third-order valence-corrected chi connectivity index (χ3v) is 4.87. The van der Waals surface area contributed by atoms with E-state index in [1.807, 2.05) is 0 Å². The number of carbonyl (C=O) groups excluding carboxylic acids is 2. The van der Waals surface area contributed by atoms with Crippen LogP contribution in [0.25, 0.3) is 0 Å². The van der Waals surface area contributed by atoms with Crippen LogP contribution >= 0.6 is 23.8 Å². The van der Waals surface area contributed by atoms with E-state index < -0.39 is 5.91 Å². The number of carbonyl (C=O) groups is 2. The van der Waals surface area contributed by atoms with Gasteiger partial charge in [0, 0.05) is 23.0 Å². The van der Waals surface area contributed by atoms with Crippen molar-refractivity contribution >= 4 is 52.1 Å². The van der Waals surface area contributed by atoms with Crippen LogP contribution < -0.4 is 25.4 Å². The monoisotopic (exact) mass is 469 g/mol. The molecular weight excluding hydrogens is 450 g/mol. The van der Waals surface area contributed by atoms with E-state index in [-0.39, 0.29) is 11.0 Å². The van der Waals surface area contributed by atoms with Gasteiger partial charge in [-0.05, 0) is 54.7 Å². The van der Waals surface area contributed by atoms with Gasteiger partial charge in [-0.15, -0.1) is 0 Å². The Labute approximate surface area is 195 Å². The minimum Gasteiger partial charge on any atom is -0.497 e. The van der Waals surface area contributed by atoms with E-state index in [4.69, 9.17) is 33.3 Å². The molecule has 0 fully saturated rings. The second-order valence-corrected chi connectivity index (χ2v) is 7.34. The fourth-order valence-corrected chi connectivity index (χ4v) is 3.23. The highest BCUT2D eigenvalue weighted by Crippen LogP contribution is 2.23. The summed E-state index contributed by atoms with van der Waals surface area (Å²) in [4.78, 5) is 25.0. The summed E-state index contributed by atoms with van der Waals surface area (Å²) in [5.41, 5.74) is 1.80. The van der Waals surface area contributed by atoms with E-state index >= 15 is 0 Å². The van der Waals surface area contributed by atoms with Gasteiger partial charge in [-0.2, -0.15) is 0 Å². The maximum Gasteiger partial charge on any atom is 0.257 e.